The van der Waals surface area contributed by atoms with Crippen molar-refractivity contribution in [1.29, 1.82) is 0 Å². The third kappa shape index (κ3) is 2.77. The maximum atomic E-state index is 14.1. The zero-order chi connectivity index (χ0) is 16.6. The van der Waals surface area contributed by atoms with Gasteiger partial charge in [0.05, 0.1) is 19.0 Å². The molecule has 3 rings (SSSR count). The molecule has 0 saturated heterocycles. The number of rotatable bonds is 3. The number of carbonyl (C=O) groups is 1. The maximum absolute atomic E-state index is 14.1. The van der Waals surface area contributed by atoms with Crippen molar-refractivity contribution in [2.75, 3.05) is 12.4 Å². The summed E-state index contributed by atoms with van der Waals surface area (Å²) in [5.41, 5.74) is 0.204. The van der Waals surface area contributed by atoms with Crippen LogP contribution in [-0.4, -0.2) is 22.5 Å². The van der Waals surface area contributed by atoms with Gasteiger partial charge in [-0.15, -0.1) is 0 Å². The van der Waals surface area contributed by atoms with Gasteiger partial charge in [-0.25, -0.2) is 18.6 Å². The molecule has 5 nitrogen and oxygen atoms in total. The quantitative estimate of drug-likeness (QED) is 0.698. The number of halogens is 3. The van der Waals surface area contributed by atoms with Crippen molar-refractivity contribution in [2.45, 2.75) is 0 Å². The number of benzene rings is 1. The van der Waals surface area contributed by atoms with Crippen LogP contribution in [0.15, 0.2) is 41.3 Å². The highest BCUT2D eigenvalue weighted by Crippen LogP contribution is 2.28. The Bertz CT molecular complexity index is 911. The minimum absolute atomic E-state index is 0.0715. The van der Waals surface area contributed by atoms with Gasteiger partial charge in [0.25, 0.3) is 0 Å². The number of anilines is 2. The average Bonchev–Trinajstić information content (AvgIpc) is 3.01. The minimum atomic E-state index is -0.750. The molecule has 23 heavy (non-hydrogen) atoms. The summed E-state index contributed by atoms with van der Waals surface area (Å²) in [7, 11) is 1.18. The Balaban J connectivity index is 2.20. The van der Waals surface area contributed by atoms with Crippen molar-refractivity contribution in [3.63, 3.8) is 0 Å². The van der Waals surface area contributed by atoms with E-state index in [1.807, 2.05) is 0 Å². The Morgan fingerprint density at radius 1 is 1.30 bits per heavy atom. The first-order chi connectivity index (χ1) is 11.0. The number of fused-ring (bicyclic) bond motifs is 1. The lowest BCUT2D eigenvalue weighted by atomic mass is 10.2. The lowest BCUT2D eigenvalue weighted by molar-refractivity contribution is 0.0601. The molecule has 0 aliphatic carbocycles. The van der Waals surface area contributed by atoms with Crippen molar-refractivity contribution in [2.24, 2.45) is 0 Å². The van der Waals surface area contributed by atoms with Crippen LogP contribution < -0.4 is 5.32 Å². The molecule has 2 aromatic heterocycles. The second-order valence-electron chi connectivity index (χ2n) is 4.64. The maximum Gasteiger partial charge on any atom is 0.341 e. The van der Waals surface area contributed by atoms with Crippen molar-refractivity contribution in [3.8, 4) is 0 Å². The van der Waals surface area contributed by atoms with Crippen LogP contribution in [0.25, 0.3) is 5.52 Å². The second-order valence-corrected chi connectivity index (χ2v) is 5.56. The molecule has 0 amide bonds. The molecule has 0 aliphatic heterocycles. The third-order valence-corrected chi connectivity index (χ3v) is 3.73. The highest BCUT2D eigenvalue weighted by Gasteiger charge is 2.20. The number of ether oxygens (including phenoxy) is 1. The third-order valence-electron chi connectivity index (χ3n) is 3.24. The van der Waals surface area contributed by atoms with E-state index in [0.29, 0.717) is 4.47 Å². The fourth-order valence-corrected chi connectivity index (χ4v) is 2.49. The molecule has 8 heteroatoms. The number of esters is 1. The average molecular weight is 382 g/mol. The van der Waals surface area contributed by atoms with E-state index >= 15 is 0 Å². The molecule has 1 N–H and O–H groups in total. The fraction of sp³-hybridized carbons (Fsp3) is 0.0667. The number of nitrogens with one attached hydrogen (secondary N) is 1. The first-order valence-corrected chi connectivity index (χ1v) is 7.25. The van der Waals surface area contributed by atoms with Crippen molar-refractivity contribution in [1.82, 2.24) is 9.38 Å². The number of carbonyl (C=O) groups excluding carboxylic acids is 1. The molecule has 1 aromatic carbocycles. The van der Waals surface area contributed by atoms with Crippen LogP contribution in [0.1, 0.15) is 10.4 Å². The number of nitrogens with zero attached hydrogens (tertiary/aromatic N) is 2. The molecule has 0 radical (unpaired) electrons. The zero-order valence-corrected chi connectivity index (χ0v) is 13.4. The van der Waals surface area contributed by atoms with Gasteiger partial charge in [0.2, 0.25) is 0 Å². The van der Waals surface area contributed by atoms with E-state index in [9.17, 15) is 13.6 Å². The molecule has 0 fully saturated rings. The molecule has 0 bridgehead atoms. The SMILES string of the molecule is COC(=O)c1cc(F)c2cncn2c1Nc1ccc(Br)cc1F. The Hall–Kier alpha value is -2.48. The van der Waals surface area contributed by atoms with E-state index < -0.39 is 17.6 Å². The lowest BCUT2D eigenvalue weighted by Crippen LogP contribution is -2.11. The molecule has 118 valence electrons. The van der Waals surface area contributed by atoms with Gasteiger partial charge in [-0.05, 0) is 24.3 Å². The van der Waals surface area contributed by atoms with Gasteiger partial charge in [-0.1, -0.05) is 15.9 Å². The van der Waals surface area contributed by atoms with Crippen LogP contribution >= 0.6 is 15.9 Å². The molecular formula is C15H10BrF2N3O2. The molecular weight excluding hydrogens is 372 g/mol. The predicted octanol–water partition coefficient (Wildman–Crippen LogP) is 3.91. The number of hydrogen-bond donors (Lipinski definition) is 1. The number of pyridine rings is 1. The number of aromatic nitrogens is 2. The van der Waals surface area contributed by atoms with Gasteiger partial charge >= 0.3 is 5.97 Å². The molecule has 2 heterocycles. The summed E-state index contributed by atoms with van der Waals surface area (Å²) in [4.78, 5) is 15.8. The number of imidazole rings is 1. The van der Waals surface area contributed by atoms with Crippen molar-refractivity contribution < 1.29 is 18.3 Å². The monoisotopic (exact) mass is 381 g/mol. The van der Waals surface area contributed by atoms with Crippen LogP contribution in [0.4, 0.5) is 20.3 Å². The second kappa shape index (κ2) is 5.96. The fourth-order valence-electron chi connectivity index (χ4n) is 2.16. The topological polar surface area (TPSA) is 55.6 Å². The summed E-state index contributed by atoms with van der Waals surface area (Å²) in [5.74, 6) is -1.76. The van der Waals surface area contributed by atoms with E-state index in [4.69, 9.17) is 0 Å². The van der Waals surface area contributed by atoms with Crippen LogP contribution in [0.3, 0.4) is 0 Å². The van der Waals surface area contributed by atoms with E-state index in [2.05, 4.69) is 31.0 Å². The highest BCUT2D eigenvalue weighted by atomic mass is 79.9. The van der Waals surface area contributed by atoms with Crippen LogP contribution in [-0.2, 0) is 4.74 Å². The summed E-state index contributed by atoms with van der Waals surface area (Å²) in [6.07, 6.45) is 2.63. The molecule has 3 aromatic rings. The Morgan fingerprint density at radius 3 is 2.78 bits per heavy atom. The van der Waals surface area contributed by atoms with Gasteiger partial charge in [-0.2, -0.15) is 0 Å². The smallest absolute Gasteiger partial charge is 0.341 e. The van der Waals surface area contributed by atoms with E-state index in [0.717, 1.165) is 6.07 Å². The Morgan fingerprint density at radius 2 is 2.09 bits per heavy atom. The molecule has 0 spiro atoms. The molecule has 0 unspecified atom stereocenters. The predicted molar refractivity (Wildman–Crippen MR) is 83.9 cm³/mol. The molecule has 0 atom stereocenters. The first kappa shape index (κ1) is 15.4. The summed E-state index contributed by atoms with van der Waals surface area (Å²) in [6.45, 7) is 0. The van der Waals surface area contributed by atoms with E-state index in [1.54, 1.807) is 6.07 Å². The standard InChI is InChI=1S/C15H10BrF2N3O2/c1-23-15(22)9-5-11(18)13-6-19-7-21(13)14(9)20-12-3-2-8(16)4-10(12)17/h2-7,20H,1H3. The highest BCUT2D eigenvalue weighted by molar-refractivity contribution is 9.10. The summed E-state index contributed by atoms with van der Waals surface area (Å²) >= 11 is 3.17. The van der Waals surface area contributed by atoms with Crippen molar-refractivity contribution >= 4 is 38.9 Å². The largest absolute Gasteiger partial charge is 0.465 e. The number of methoxy groups -OCH3 is 1. The van der Waals surface area contributed by atoms with Gasteiger partial charge in [0.1, 0.15) is 34.9 Å². The lowest BCUT2D eigenvalue weighted by Gasteiger charge is -2.14. The zero-order valence-electron chi connectivity index (χ0n) is 11.8. The summed E-state index contributed by atoms with van der Waals surface area (Å²) in [6, 6.07) is 5.43. The minimum Gasteiger partial charge on any atom is -0.465 e. The van der Waals surface area contributed by atoms with Gasteiger partial charge in [0.15, 0.2) is 0 Å². The molecule has 0 aliphatic rings. The van der Waals surface area contributed by atoms with E-state index in [-0.39, 0.29) is 22.6 Å². The van der Waals surface area contributed by atoms with E-state index in [1.165, 1.54) is 36.2 Å². The number of hydrogen-bond acceptors (Lipinski definition) is 4. The van der Waals surface area contributed by atoms with Crippen molar-refractivity contribution in [3.05, 3.63) is 58.5 Å². The molecule has 0 saturated carbocycles. The van der Waals surface area contributed by atoms with Crippen LogP contribution in [0, 0.1) is 11.6 Å². The summed E-state index contributed by atoms with van der Waals surface area (Å²) < 4.78 is 34.7. The Labute approximate surface area is 138 Å². The van der Waals surface area contributed by atoms with Crippen LogP contribution in [0.2, 0.25) is 0 Å². The Kier molecular flexibility index (Phi) is 3.99. The van der Waals surface area contributed by atoms with Crippen LogP contribution in [0.5, 0.6) is 0 Å². The summed E-state index contributed by atoms with van der Waals surface area (Å²) in [5, 5.41) is 2.80. The van der Waals surface area contributed by atoms with Gasteiger partial charge in [0, 0.05) is 4.47 Å². The normalized spacial score (nSPS) is 10.8. The van der Waals surface area contributed by atoms with Gasteiger partial charge in [-0.3, -0.25) is 4.40 Å². The van der Waals surface area contributed by atoms with Gasteiger partial charge < -0.3 is 10.1 Å². The first-order valence-electron chi connectivity index (χ1n) is 6.46.